The highest BCUT2D eigenvalue weighted by molar-refractivity contribution is 5.75. The summed E-state index contributed by atoms with van der Waals surface area (Å²) in [6.07, 6.45) is 4.75. The first kappa shape index (κ1) is 10.1. The fourth-order valence-electron chi connectivity index (χ4n) is 1.54. The molecule has 1 fully saturated rings. The maximum absolute atomic E-state index is 11.5. The summed E-state index contributed by atoms with van der Waals surface area (Å²) in [6.45, 7) is 7.23. The van der Waals surface area contributed by atoms with Crippen LogP contribution in [0.3, 0.4) is 0 Å². The molecule has 0 aromatic carbocycles. The summed E-state index contributed by atoms with van der Waals surface area (Å²) in [7, 11) is 0. The molecule has 0 radical (unpaired) electrons. The number of carbonyl (C=O) groups is 1. The van der Waals surface area contributed by atoms with Crippen LogP contribution < -0.4 is 5.32 Å². The average molecular weight is 182 g/mol. The van der Waals surface area contributed by atoms with Crippen LogP contribution in [0.1, 0.15) is 32.6 Å². The number of hydrogen-bond acceptors (Lipinski definition) is 1. The SMILES string of the molecule is C=C(C)NC(=O)N1CCCCCC1. The summed E-state index contributed by atoms with van der Waals surface area (Å²) in [5.74, 6) is 0. The van der Waals surface area contributed by atoms with Crippen LogP contribution in [0.2, 0.25) is 0 Å². The van der Waals surface area contributed by atoms with Crippen molar-refractivity contribution in [2.45, 2.75) is 32.6 Å². The van der Waals surface area contributed by atoms with Gasteiger partial charge in [-0.3, -0.25) is 0 Å². The van der Waals surface area contributed by atoms with Crippen LogP contribution in [0.15, 0.2) is 12.3 Å². The largest absolute Gasteiger partial charge is 0.325 e. The lowest BCUT2D eigenvalue weighted by atomic mass is 10.2. The molecular weight excluding hydrogens is 164 g/mol. The van der Waals surface area contributed by atoms with E-state index in [4.69, 9.17) is 0 Å². The minimum Gasteiger partial charge on any atom is -0.325 e. The fraction of sp³-hybridized carbons (Fsp3) is 0.700. The molecule has 1 aliphatic heterocycles. The quantitative estimate of drug-likeness (QED) is 0.661. The van der Waals surface area contributed by atoms with Gasteiger partial charge in [0.1, 0.15) is 0 Å². The molecule has 1 heterocycles. The predicted octanol–water partition coefficient (Wildman–Crippen LogP) is 2.11. The number of nitrogens with one attached hydrogen (secondary N) is 1. The molecule has 0 bridgehead atoms. The molecule has 0 spiro atoms. The Balaban J connectivity index is 2.39. The second-order valence-corrected chi connectivity index (χ2v) is 3.61. The molecule has 1 aliphatic rings. The monoisotopic (exact) mass is 182 g/mol. The predicted molar refractivity (Wildman–Crippen MR) is 53.4 cm³/mol. The van der Waals surface area contributed by atoms with E-state index in [0.717, 1.165) is 25.9 Å². The molecule has 13 heavy (non-hydrogen) atoms. The van der Waals surface area contributed by atoms with Crippen LogP contribution in [-0.2, 0) is 0 Å². The van der Waals surface area contributed by atoms with Crippen LogP contribution in [0.4, 0.5) is 4.79 Å². The number of rotatable bonds is 1. The lowest BCUT2D eigenvalue weighted by Crippen LogP contribution is -2.39. The lowest BCUT2D eigenvalue weighted by molar-refractivity contribution is 0.203. The molecule has 2 amide bonds. The van der Waals surface area contributed by atoms with Crippen LogP contribution in [0, 0.1) is 0 Å². The Hall–Kier alpha value is -0.990. The first-order valence-electron chi connectivity index (χ1n) is 4.91. The van der Waals surface area contributed by atoms with Gasteiger partial charge in [-0.15, -0.1) is 0 Å². The van der Waals surface area contributed by atoms with Gasteiger partial charge in [0.15, 0.2) is 0 Å². The zero-order valence-corrected chi connectivity index (χ0v) is 8.31. The van der Waals surface area contributed by atoms with Gasteiger partial charge in [0.05, 0.1) is 0 Å². The number of urea groups is 1. The van der Waals surface area contributed by atoms with Crippen molar-refractivity contribution in [3.8, 4) is 0 Å². The molecule has 74 valence electrons. The van der Waals surface area contributed by atoms with E-state index >= 15 is 0 Å². The maximum atomic E-state index is 11.5. The Kier molecular flexibility index (Phi) is 3.80. The van der Waals surface area contributed by atoms with E-state index in [0.29, 0.717) is 5.70 Å². The number of hydrogen-bond donors (Lipinski definition) is 1. The molecule has 0 aromatic heterocycles. The summed E-state index contributed by atoms with van der Waals surface area (Å²) >= 11 is 0. The van der Waals surface area contributed by atoms with Crippen molar-refractivity contribution < 1.29 is 4.79 Å². The van der Waals surface area contributed by atoms with E-state index in [-0.39, 0.29) is 6.03 Å². The third kappa shape index (κ3) is 3.49. The topological polar surface area (TPSA) is 32.3 Å². The second-order valence-electron chi connectivity index (χ2n) is 3.61. The molecule has 1 rings (SSSR count). The molecule has 0 aromatic rings. The van der Waals surface area contributed by atoms with Crippen molar-refractivity contribution in [1.82, 2.24) is 10.2 Å². The highest BCUT2D eigenvalue weighted by Crippen LogP contribution is 2.09. The van der Waals surface area contributed by atoms with Gasteiger partial charge in [-0.25, -0.2) is 4.79 Å². The zero-order chi connectivity index (χ0) is 9.68. The highest BCUT2D eigenvalue weighted by atomic mass is 16.2. The van der Waals surface area contributed by atoms with E-state index in [1.807, 2.05) is 4.90 Å². The van der Waals surface area contributed by atoms with Crippen molar-refractivity contribution >= 4 is 6.03 Å². The number of nitrogens with zero attached hydrogens (tertiary/aromatic N) is 1. The van der Waals surface area contributed by atoms with Gasteiger partial charge in [0, 0.05) is 18.8 Å². The maximum Gasteiger partial charge on any atom is 0.321 e. The van der Waals surface area contributed by atoms with Crippen molar-refractivity contribution in [3.05, 3.63) is 12.3 Å². The van der Waals surface area contributed by atoms with E-state index in [1.165, 1.54) is 12.8 Å². The standard InChI is InChI=1S/C10H18N2O/c1-9(2)11-10(13)12-7-5-3-4-6-8-12/h1,3-8H2,2H3,(H,11,13). The summed E-state index contributed by atoms with van der Waals surface area (Å²) in [5, 5.41) is 2.73. The van der Waals surface area contributed by atoms with E-state index < -0.39 is 0 Å². The highest BCUT2D eigenvalue weighted by Gasteiger charge is 2.14. The van der Waals surface area contributed by atoms with Crippen LogP contribution in [0.25, 0.3) is 0 Å². The van der Waals surface area contributed by atoms with Gasteiger partial charge in [-0.05, 0) is 19.8 Å². The van der Waals surface area contributed by atoms with Crippen molar-refractivity contribution in [3.63, 3.8) is 0 Å². The molecule has 0 atom stereocenters. The van der Waals surface area contributed by atoms with Gasteiger partial charge in [0.25, 0.3) is 0 Å². The molecule has 1 saturated heterocycles. The molecule has 1 N–H and O–H groups in total. The average Bonchev–Trinajstić information content (AvgIpc) is 2.29. The number of carbonyl (C=O) groups excluding carboxylic acids is 1. The molecular formula is C10H18N2O. The summed E-state index contributed by atoms with van der Waals surface area (Å²) in [5.41, 5.74) is 0.717. The minimum atomic E-state index is 0.00870. The van der Waals surface area contributed by atoms with Gasteiger partial charge >= 0.3 is 6.03 Å². The molecule has 0 saturated carbocycles. The van der Waals surface area contributed by atoms with Gasteiger partial charge < -0.3 is 10.2 Å². The van der Waals surface area contributed by atoms with E-state index in [2.05, 4.69) is 11.9 Å². The zero-order valence-electron chi connectivity index (χ0n) is 8.31. The first-order valence-corrected chi connectivity index (χ1v) is 4.91. The number of allylic oxidation sites excluding steroid dienone is 1. The van der Waals surface area contributed by atoms with Gasteiger partial charge in [-0.2, -0.15) is 0 Å². The third-order valence-electron chi connectivity index (χ3n) is 2.21. The van der Waals surface area contributed by atoms with E-state index in [1.54, 1.807) is 6.92 Å². The number of amides is 2. The Labute approximate surface area is 79.8 Å². The Morgan fingerprint density at radius 2 is 1.77 bits per heavy atom. The van der Waals surface area contributed by atoms with Gasteiger partial charge in [-0.1, -0.05) is 19.4 Å². The number of likely N-dealkylation sites (tertiary alicyclic amines) is 1. The van der Waals surface area contributed by atoms with Gasteiger partial charge in [0.2, 0.25) is 0 Å². The summed E-state index contributed by atoms with van der Waals surface area (Å²) in [4.78, 5) is 13.4. The third-order valence-corrected chi connectivity index (χ3v) is 2.21. The van der Waals surface area contributed by atoms with Crippen molar-refractivity contribution in [1.29, 1.82) is 0 Å². The first-order chi connectivity index (χ1) is 6.20. The van der Waals surface area contributed by atoms with Crippen LogP contribution in [-0.4, -0.2) is 24.0 Å². The minimum absolute atomic E-state index is 0.00870. The smallest absolute Gasteiger partial charge is 0.321 e. The molecule has 0 aliphatic carbocycles. The van der Waals surface area contributed by atoms with Crippen LogP contribution in [0.5, 0.6) is 0 Å². The Morgan fingerprint density at radius 3 is 2.23 bits per heavy atom. The molecule has 3 nitrogen and oxygen atoms in total. The molecule has 3 heteroatoms. The Morgan fingerprint density at radius 1 is 1.23 bits per heavy atom. The lowest BCUT2D eigenvalue weighted by Gasteiger charge is -2.20. The second kappa shape index (κ2) is 4.90. The molecule has 0 unspecified atom stereocenters. The van der Waals surface area contributed by atoms with Crippen molar-refractivity contribution in [2.24, 2.45) is 0 Å². The van der Waals surface area contributed by atoms with Crippen LogP contribution >= 0.6 is 0 Å². The van der Waals surface area contributed by atoms with Crippen molar-refractivity contribution in [2.75, 3.05) is 13.1 Å². The summed E-state index contributed by atoms with van der Waals surface area (Å²) < 4.78 is 0. The normalized spacial score (nSPS) is 17.8. The summed E-state index contributed by atoms with van der Waals surface area (Å²) in [6, 6.07) is 0.00870. The van der Waals surface area contributed by atoms with E-state index in [9.17, 15) is 4.79 Å². The Bertz CT molecular complexity index is 193. The fourth-order valence-corrected chi connectivity index (χ4v) is 1.54.